The van der Waals surface area contributed by atoms with Crippen molar-refractivity contribution in [2.75, 3.05) is 12.8 Å². The molecule has 1 atom stereocenters. The average Bonchev–Trinajstić information content (AvgIpc) is 2.62. The van der Waals surface area contributed by atoms with E-state index in [-0.39, 0.29) is 5.75 Å². The predicted octanol–water partition coefficient (Wildman–Crippen LogP) is 3.12. The van der Waals surface area contributed by atoms with E-state index in [1.165, 1.54) is 0 Å². The van der Waals surface area contributed by atoms with Crippen molar-refractivity contribution >= 4 is 16.9 Å². The van der Waals surface area contributed by atoms with Crippen molar-refractivity contribution in [3.63, 3.8) is 0 Å². The van der Waals surface area contributed by atoms with Crippen LogP contribution in [0, 0.1) is 0 Å². The van der Waals surface area contributed by atoms with Crippen molar-refractivity contribution in [3.05, 3.63) is 60.6 Å². The normalized spacial score (nSPS) is 11.9. The number of rotatable bonds is 5. The Balaban J connectivity index is 2.01. The fourth-order valence-electron chi connectivity index (χ4n) is 2.55. The Labute approximate surface area is 148 Å². The highest BCUT2D eigenvalue weighted by Crippen LogP contribution is 2.34. The largest absolute Gasteiger partial charge is 0.494 e. The first-order valence-corrected chi connectivity index (χ1v) is 8.76. The van der Waals surface area contributed by atoms with Crippen LogP contribution in [0.25, 0.3) is 22.3 Å². The second-order valence-corrected chi connectivity index (χ2v) is 6.33. The third kappa shape index (κ3) is 3.84. The van der Waals surface area contributed by atoms with Crippen LogP contribution in [0.3, 0.4) is 0 Å². The first-order chi connectivity index (χ1) is 12.1. The lowest BCUT2D eigenvalue weighted by Gasteiger charge is -2.11. The van der Waals surface area contributed by atoms with Crippen LogP contribution in [-0.2, 0) is 16.8 Å². The Hall–Kier alpha value is -2.77. The number of benzene rings is 1. The molecule has 6 nitrogen and oxygen atoms in total. The van der Waals surface area contributed by atoms with Gasteiger partial charge >= 0.3 is 0 Å². The molecule has 25 heavy (non-hydrogen) atoms. The molecule has 0 aliphatic rings. The average molecular weight is 355 g/mol. The number of pyridine rings is 2. The number of hydrogen-bond acceptors (Lipinski definition) is 5. The summed E-state index contributed by atoms with van der Waals surface area (Å²) in [4.78, 5) is 8.34. The maximum absolute atomic E-state index is 10.9. The maximum Gasteiger partial charge on any atom is 0.157 e. The number of aromatic nitrogens is 2. The van der Waals surface area contributed by atoms with E-state index in [9.17, 15) is 4.21 Å². The minimum absolute atomic E-state index is 0.111. The molecule has 0 spiro atoms. The molecule has 1 aromatic carbocycles. The molecule has 0 aliphatic carbocycles. The van der Waals surface area contributed by atoms with Gasteiger partial charge in [0.15, 0.2) is 11.1 Å². The van der Waals surface area contributed by atoms with Crippen LogP contribution < -0.4 is 10.5 Å². The molecule has 0 aliphatic heterocycles. The number of nitrogens with two attached hydrogens (primary N) is 1. The SMILES string of the molecule is COc1cnccc1-c1cc(-c2ccc(CS(=O)O)cc2)cnc1N. The Kier molecular flexibility index (Phi) is 5.06. The summed E-state index contributed by atoms with van der Waals surface area (Å²) in [5.41, 5.74) is 10.3. The van der Waals surface area contributed by atoms with Crippen LogP contribution in [-0.4, -0.2) is 25.8 Å². The van der Waals surface area contributed by atoms with Crippen LogP contribution >= 0.6 is 0 Å². The van der Waals surface area contributed by atoms with Gasteiger partial charge in [0.25, 0.3) is 0 Å². The molecule has 0 bridgehead atoms. The molecule has 0 radical (unpaired) electrons. The minimum atomic E-state index is -1.85. The zero-order valence-corrected chi connectivity index (χ0v) is 14.4. The topological polar surface area (TPSA) is 98.3 Å². The van der Waals surface area contributed by atoms with Crippen LogP contribution in [0.15, 0.2) is 55.0 Å². The van der Waals surface area contributed by atoms with E-state index in [1.807, 2.05) is 36.4 Å². The summed E-state index contributed by atoms with van der Waals surface area (Å²) in [6.45, 7) is 0. The summed E-state index contributed by atoms with van der Waals surface area (Å²) < 4.78 is 25.2. The first-order valence-electron chi connectivity index (χ1n) is 7.49. The van der Waals surface area contributed by atoms with Crippen LogP contribution in [0.5, 0.6) is 5.75 Å². The predicted molar refractivity (Wildman–Crippen MR) is 98.3 cm³/mol. The molecule has 1 unspecified atom stereocenters. The van der Waals surface area contributed by atoms with Crippen molar-refractivity contribution in [1.29, 1.82) is 0 Å². The standard InChI is InChI=1S/C18H17N3O3S/c1-24-17-10-20-7-6-15(17)16-8-14(9-21-18(16)19)13-4-2-12(3-5-13)11-25(22)23/h2-10H,11H2,1H3,(H2,19,21)(H,22,23). The van der Waals surface area contributed by atoms with E-state index in [0.29, 0.717) is 11.6 Å². The van der Waals surface area contributed by atoms with Crippen molar-refractivity contribution in [2.45, 2.75) is 5.75 Å². The molecule has 2 heterocycles. The van der Waals surface area contributed by atoms with Crippen molar-refractivity contribution in [3.8, 4) is 28.0 Å². The van der Waals surface area contributed by atoms with Crippen LogP contribution in [0.4, 0.5) is 5.82 Å². The van der Waals surface area contributed by atoms with Crippen molar-refractivity contribution in [2.24, 2.45) is 0 Å². The number of methoxy groups -OCH3 is 1. The summed E-state index contributed by atoms with van der Waals surface area (Å²) in [6, 6.07) is 11.2. The smallest absolute Gasteiger partial charge is 0.157 e. The van der Waals surface area contributed by atoms with Crippen molar-refractivity contribution < 1.29 is 13.5 Å². The molecule has 128 valence electrons. The van der Waals surface area contributed by atoms with Gasteiger partial charge in [-0.2, -0.15) is 0 Å². The fraction of sp³-hybridized carbons (Fsp3) is 0.111. The number of ether oxygens (including phenoxy) is 1. The molecular weight excluding hydrogens is 338 g/mol. The number of nitrogens with zero attached hydrogens (tertiary/aromatic N) is 2. The van der Waals surface area contributed by atoms with E-state index < -0.39 is 11.1 Å². The molecule has 3 N–H and O–H groups in total. The first kappa shape index (κ1) is 17.1. The third-order valence-electron chi connectivity index (χ3n) is 3.79. The molecule has 7 heteroatoms. The summed E-state index contributed by atoms with van der Waals surface area (Å²) in [7, 11) is 1.58. The second kappa shape index (κ2) is 7.42. The summed E-state index contributed by atoms with van der Waals surface area (Å²) in [5, 5.41) is 0. The highest BCUT2D eigenvalue weighted by Gasteiger charge is 2.12. The van der Waals surface area contributed by atoms with Gasteiger partial charge in [-0.05, 0) is 23.3 Å². The second-order valence-electron chi connectivity index (χ2n) is 5.40. The van der Waals surface area contributed by atoms with Gasteiger partial charge in [-0.25, -0.2) is 9.19 Å². The lowest BCUT2D eigenvalue weighted by atomic mass is 10.0. The highest BCUT2D eigenvalue weighted by atomic mass is 32.2. The van der Waals surface area contributed by atoms with Gasteiger partial charge in [-0.15, -0.1) is 0 Å². The van der Waals surface area contributed by atoms with Gasteiger partial charge in [-0.3, -0.25) is 4.98 Å². The van der Waals surface area contributed by atoms with E-state index in [1.54, 1.807) is 25.7 Å². The molecule has 0 saturated heterocycles. The van der Waals surface area contributed by atoms with E-state index in [4.69, 9.17) is 15.0 Å². The van der Waals surface area contributed by atoms with Crippen molar-refractivity contribution in [1.82, 2.24) is 9.97 Å². The molecule has 0 fully saturated rings. The summed E-state index contributed by atoms with van der Waals surface area (Å²) in [6.07, 6.45) is 5.00. The van der Waals surface area contributed by atoms with Crippen LogP contribution in [0.2, 0.25) is 0 Å². The number of nitrogen functional groups attached to an aromatic ring is 1. The monoisotopic (exact) mass is 355 g/mol. The lowest BCUT2D eigenvalue weighted by Crippen LogP contribution is -1.97. The van der Waals surface area contributed by atoms with E-state index in [2.05, 4.69) is 9.97 Å². The van der Waals surface area contributed by atoms with E-state index in [0.717, 1.165) is 27.8 Å². The molecule has 2 aromatic heterocycles. The van der Waals surface area contributed by atoms with Crippen LogP contribution in [0.1, 0.15) is 5.56 Å². The minimum Gasteiger partial charge on any atom is -0.494 e. The molecular formula is C18H17N3O3S. The Morgan fingerprint density at radius 2 is 1.88 bits per heavy atom. The van der Waals surface area contributed by atoms with Gasteiger partial charge in [0, 0.05) is 29.1 Å². The Bertz CT molecular complexity index is 914. The van der Waals surface area contributed by atoms with E-state index >= 15 is 0 Å². The molecule has 3 aromatic rings. The molecule has 0 saturated carbocycles. The molecule has 3 rings (SSSR count). The zero-order valence-electron chi connectivity index (χ0n) is 13.5. The fourth-order valence-corrected chi connectivity index (χ4v) is 3.03. The highest BCUT2D eigenvalue weighted by molar-refractivity contribution is 7.78. The number of hydrogen-bond donors (Lipinski definition) is 2. The maximum atomic E-state index is 10.9. The number of anilines is 1. The summed E-state index contributed by atoms with van der Waals surface area (Å²) >= 11 is -1.85. The third-order valence-corrected chi connectivity index (χ3v) is 4.37. The quantitative estimate of drug-likeness (QED) is 0.682. The van der Waals surface area contributed by atoms with Gasteiger partial charge < -0.3 is 15.0 Å². The van der Waals surface area contributed by atoms with Gasteiger partial charge in [-0.1, -0.05) is 24.3 Å². The molecule has 0 amide bonds. The summed E-state index contributed by atoms with van der Waals surface area (Å²) in [5.74, 6) is 1.13. The Morgan fingerprint density at radius 3 is 2.56 bits per heavy atom. The zero-order chi connectivity index (χ0) is 17.8. The van der Waals surface area contributed by atoms with Gasteiger partial charge in [0.1, 0.15) is 11.6 Å². The lowest BCUT2D eigenvalue weighted by molar-refractivity contribution is 0.414. The van der Waals surface area contributed by atoms with Gasteiger partial charge in [0.2, 0.25) is 0 Å². The Morgan fingerprint density at radius 1 is 1.12 bits per heavy atom. The van der Waals surface area contributed by atoms with Gasteiger partial charge in [0.05, 0.1) is 19.1 Å².